The number of hydrogen-bond donors (Lipinski definition) is 1. The average molecular weight is 344 g/mol. The summed E-state index contributed by atoms with van der Waals surface area (Å²) < 4.78 is 1.10. The molecule has 4 aromatic rings. The first-order valence-electron chi connectivity index (χ1n) is 8.03. The lowest BCUT2D eigenvalue weighted by molar-refractivity contribution is 0.103. The molecule has 0 fully saturated rings. The van der Waals surface area contributed by atoms with Gasteiger partial charge in [0.15, 0.2) is 0 Å². The Morgan fingerprint density at radius 3 is 2.56 bits per heavy atom. The number of amides is 1. The summed E-state index contributed by atoms with van der Waals surface area (Å²) in [6.45, 7) is 2.00. The highest BCUT2D eigenvalue weighted by atomic mass is 32.1. The molecule has 0 spiro atoms. The smallest absolute Gasteiger partial charge is 0.266 e. The van der Waals surface area contributed by atoms with Crippen molar-refractivity contribution in [2.24, 2.45) is 0 Å². The van der Waals surface area contributed by atoms with Gasteiger partial charge in [0, 0.05) is 16.5 Å². The van der Waals surface area contributed by atoms with Crippen molar-refractivity contribution >= 4 is 33.1 Å². The van der Waals surface area contributed by atoms with Crippen molar-refractivity contribution < 1.29 is 4.79 Å². The molecule has 122 valence electrons. The molecule has 2 aromatic heterocycles. The summed E-state index contributed by atoms with van der Waals surface area (Å²) in [5.74, 6) is 0.453. The Hall–Kier alpha value is -2.98. The number of anilines is 1. The zero-order chi connectivity index (χ0) is 17.2. The second-order valence-corrected chi connectivity index (χ2v) is 6.96. The SMILES string of the molecule is Cc1cnc(NC(=O)c2cc3ccccc3s2)c(-c2ccccc2)c1. The molecule has 0 bridgehead atoms. The number of fused-ring (bicyclic) bond motifs is 1. The molecule has 1 amide bonds. The van der Waals surface area contributed by atoms with Gasteiger partial charge in [0.25, 0.3) is 5.91 Å². The molecular formula is C21H16N2OS. The Labute approximate surface area is 150 Å². The van der Waals surface area contributed by atoms with E-state index in [-0.39, 0.29) is 5.91 Å². The maximum atomic E-state index is 12.7. The first-order chi connectivity index (χ1) is 12.2. The van der Waals surface area contributed by atoms with Crippen LogP contribution in [-0.4, -0.2) is 10.9 Å². The number of aromatic nitrogens is 1. The van der Waals surface area contributed by atoms with E-state index in [1.54, 1.807) is 6.20 Å². The number of hydrogen-bond acceptors (Lipinski definition) is 3. The summed E-state index contributed by atoms with van der Waals surface area (Å²) in [6, 6.07) is 21.9. The molecule has 2 aromatic carbocycles. The first-order valence-corrected chi connectivity index (χ1v) is 8.84. The fourth-order valence-electron chi connectivity index (χ4n) is 2.77. The predicted molar refractivity (Wildman–Crippen MR) is 104 cm³/mol. The third-order valence-corrected chi connectivity index (χ3v) is 5.11. The van der Waals surface area contributed by atoms with Gasteiger partial charge in [-0.05, 0) is 41.6 Å². The summed E-state index contributed by atoms with van der Waals surface area (Å²) in [5, 5.41) is 4.06. The molecule has 25 heavy (non-hydrogen) atoms. The van der Waals surface area contributed by atoms with Gasteiger partial charge in [-0.25, -0.2) is 4.98 Å². The standard InChI is InChI=1S/C21H16N2OS/c1-14-11-17(15-7-3-2-4-8-15)20(22-13-14)23-21(24)19-12-16-9-5-6-10-18(16)25-19/h2-13H,1H3,(H,22,23,24). The Balaban J connectivity index is 1.69. The highest BCUT2D eigenvalue weighted by Gasteiger charge is 2.14. The monoisotopic (exact) mass is 344 g/mol. The summed E-state index contributed by atoms with van der Waals surface area (Å²) in [6.07, 6.45) is 1.77. The molecule has 4 rings (SSSR count). The van der Waals surface area contributed by atoms with Crippen molar-refractivity contribution in [1.29, 1.82) is 0 Å². The van der Waals surface area contributed by atoms with Crippen LogP contribution in [0.4, 0.5) is 5.82 Å². The van der Waals surface area contributed by atoms with Crippen LogP contribution in [0, 0.1) is 6.92 Å². The lowest BCUT2D eigenvalue weighted by atomic mass is 10.1. The minimum atomic E-state index is -0.130. The highest BCUT2D eigenvalue weighted by molar-refractivity contribution is 7.20. The van der Waals surface area contributed by atoms with Gasteiger partial charge in [0.2, 0.25) is 0 Å². The van der Waals surface area contributed by atoms with E-state index in [2.05, 4.69) is 10.3 Å². The molecule has 0 atom stereocenters. The van der Waals surface area contributed by atoms with Crippen LogP contribution in [-0.2, 0) is 0 Å². The lowest BCUT2D eigenvalue weighted by Gasteiger charge is -2.10. The van der Waals surface area contributed by atoms with Crippen molar-refractivity contribution in [2.45, 2.75) is 6.92 Å². The fraction of sp³-hybridized carbons (Fsp3) is 0.0476. The van der Waals surface area contributed by atoms with Crippen LogP contribution in [0.5, 0.6) is 0 Å². The molecule has 0 saturated heterocycles. The van der Waals surface area contributed by atoms with Crippen molar-refractivity contribution in [3.8, 4) is 11.1 Å². The van der Waals surface area contributed by atoms with E-state index in [1.165, 1.54) is 11.3 Å². The fourth-order valence-corrected chi connectivity index (χ4v) is 3.73. The molecule has 0 aliphatic heterocycles. The Morgan fingerprint density at radius 2 is 1.76 bits per heavy atom. The quantitative estimate of drug-likeness (QED) is 0.531. The summed E-state index contributed by atoms with van der Waals surface area (Å²) in [5.41, 5.74) is 3.01. The van der Waals surface area contributed by atoms with Gasteiger partial charge in [-0.3, -0.25) is 4.79 Å². The van der Waals surface area contributed by atoms with Crippen molar-refractivity contribution in [1.82, 2.24) is 4.98 Å². The van der Waals surface area contributed by atoms with Crippen LogP contribution in [0.15, 0.2) is 72.9 Å². The van der Waals surface area contributed by atoms with Crippen LogP contribution in [0.1, 0.15) is 15.2 Å². The topological polar surface area (TPSA) is 42.0 Å². The molecule has 3 nitrogen and oxygen atoms in total. The van der Waals surface area contributed by atoms with Crippen LogP contribution in [0.2, 0.25) is 0 Å². The predicted octanol–water partition coefficient (Wildman–Crippen LogP) is 5.52. The number of nitrogens with one attached hydrogen (secondary N) is 1. The molecular weight excluding hydrogens is 328 g/mol. The Kier molecular flexibility index (Phi) is 4.04. The Morgan fingerprint density at radius 1 is 1.00 bits per heavy atom. The molecule has 0 aliphatic carbocycles. The lowest BCUT2D eigenvalue weighted by Crippen LogP contribution is -2.12. The number of carbonyl (C=O) groups is 1. The number of rotatable bonds is 3. The third-order valence-electron chi connectivity index (χ3n) is 3.99. The van der Waals surface area contributed by atoms with Gasteiger partial charge in [0.1, 0.15) is 5.82 Å². The van der Waals surface area contributed by atoms with Crippen LogP contribution in [0.25, 0.3) is 21.2 Å². The van der Waals surface area contributed by atoms with Crippen molar-refractivity contribution in [3.63, 3.8) is 0 Å². The molecule has 4 heteroatoms. The average Bonchev–Trinajstić information content (AvgIpc) is 3.08. The zero-order valence-corrected chi connectivity index (χ0v) is 14.5. The maximum Gasteiger partial charge on any atom is 0.266 e. The van der Waals surface area contributed by atoms with E-state index >= 15 is 0 Å². The molecule has 2 heterocycles. The largest absolute Gasteiger partial charge is 0.305 e. The van der Waals surface area contributed by atoms with Crippen LogP contribution >= 0.6 is 11.3 Å². The second kappa shape index (κ2) is 6.49. The number of nitrogens with zero attached hydrogens (tertiary/aromatic N) is 1. The normalized spacial score (nSPS) is 10.8. The van der Waals surface area contributed by atoms with E-state index in [4.69, 9.17) is 0 Å². The summed E-state index contributed by atoms with van der Waals surface area (Å²) in [7, 11) is 0. The second-order valence-electron chi connectivity index (χ2n) is 5.88. The number of benzene rings is 2. The van der Waals surface area contributed by atoms with E-state index in [0.717, 1.165) is 26.8 Å². The molecule has 0 unspecified atom stereocenters. The summed E-state index contributed by atoms with van der Waals surface area (Å²) >= 11 is 1.49. The zero-order valence-electron chi connectivity index (χ0n) is 13.7. The number of thiophene rings is 1. The minimum Gasteiger partial charge on any atom is -0.305 e. The molecule has 0 radical (unpaired) electrons. The minimum absolute atomic E-state index is 0.130. The van der Waals surface area contributed by atoms with Gasteiger partial charge in [-0.2, -0.15) is 0 Å². The van der Waals surface area contributed by atoms with E-state index in [1.807, 2.05) is 73.7 Å². The highest BCUT2D eigenvalue weighted by Crippen LogP contribution is 2.29. The van der Waals surface area contributed by atoms with E-state index < -0.39 is 0 Å². The van der Waals surface area contributed by atoms with Crippen molar-refractivity contribution in [3.05, 3.63) is 83.4 Å². The van der Waals surface area contributed by atoms with Crippen molar-refractivity contribution in [2.75, 3.05) is 5.32 Å². The van der Waals surface area contributed by atoms with Gasteiger partial charge in [0.05, 0.1) is 4.88 Å². The Bertz CT molecular complexity index is 1020. The summed E-state index contributed by atoms with van der Waals surface area (Å²) in [4.78, 5) is 17.8. The first kappa shape index (κ1) is 15.5. The molecule has 1 N–H and O–H groups in total. The number of aryl methyl sites for hydroxylation is 1. The number of carbonyl (C=O) groups excluding carboxylic acids is 1. The maximum absolute atomic E-state index is 12.7. The van der Waals surface area contributed by atoms with E-state index in [0.29, 0.717) is 10.7 Å². The third kappa shape index (κ3) is 3.16. The molecule has 0 aliphatic rings. The van der Waals surface area contributed by atoms with Gasteiger partial charge < -0.3 is 5.32 Å². The molecule has 0 saturated carbocycles. The van der Waals surface area contributed by atoms with Gasteiger partial charge in [-0.15, -0.1) is 11.3 Å². The van der Waals surface area contributed by atoms with Gasteiger partial charge in [-0.1, -0.05) is 48.5 Å². The van der Waals surface area contributed by atoms with Gasteiger partial charge >= 0.3 is 0 Å². The van der Waals surface area contributed by atoms with Crippen LogP contribution in [0.3, 0.4) is 0 Å². The van der Waals surface area contributed by atoms with E-state index in [9.17, 15) is 4.79 Å². The number of pyridine rings is 1. The van der Waals surface area contributed by atoms with Crippen LogP contribution < -0.4 is 5.32 Å².